The summed E-state index contributed by atoms with van der Waals surface area (Å²) in [6, 6.07) is 5.60. The Hall–Kier alpha value is -12.1. The van der Waals surface area contributed by atoms with Gasteiger partial charge in [0.1, 0.15) is 84.4 Å². The van der Waals surface area contributed by atoms with E-state index < -0.39 is 207 Å². The zero-order valence-electron chi connectivity index (χ0n) is 79.0. The van der Waals surface area contributed by atoms with Crippen molar-refractivity contribution < 1.29 is 91.4 Å². The Balaban J connectivity index is 0.0000160. The van der Waals surface area contributed by atoms with Crippen LogP contribution < -0.4 is 125 Å². The fraction of sp³-hybridized carbons (Fsp3) is 0.549. The second-order valence-electron chi connectivity index (χ2n) is 35.9. The van der Waals surface area contributed by atoms with Gasteiger partial charge in [-0.15, -0.1) is 0 Å². The number of nitrogens with two attached hydrogens (primary N) is 8. The van der Waals surface area contributed by atoms with Gasteiger partial charge in [-0.2, -0.15) is 0 Å². The van der Waals surface area contributed by atoms with Gasteiger partial charge in [0.15, 0.2) is 0 Å². The number of aliphatic hydroxyl groups is 1. The summed E-state index contributed by atoms with van der Waals surface area (Å²) in [6.07, 6.45) is -2.29. The van der Waals surface area contributed by atoms with Gasteiger partial charge in [-0.3, -0.25) is 93.2 Å². The highest BCUT2D eigenvalue weighted by Gasteiger charge is 2.47. The number of aromatic nitrogens is 1. The fourth-order valence-corrected chi connectivity index (χ4v) is 17.6. The highest BCUT2D eigenvalue weighted by Crippen LogP contribution is 2.47. The highest BCUT2D eigenvalue weighted by atomic mass is 33.1. The smallest absolute Gasteiger partial charge is 0.246 e. The Morgan fingerprint density at radius 1 is 0.563 bits per heavy atom. The Kier molecular flexibility index (Phi) is 45.3. The number of primary amides is 3. The summed E-state index contributed by atoms with van der Waals surface area (Å²) in [5.74, 6) is -8.07. The van der Waals surface area contributed by atoms with Crippen LogP contribution in [0, 0.1) is 12.8 Å². The third-order valence-corrected chi connectivity index (χ3v) is 26.5. The molecule has 744 valence electrons. The topological polar surface area (TPSA) is 712 Å². The molecule has 1 aliphatic heterocycles. The second kappa shape index (κ2) is 53.9. The van der Waals surface area contributed by atoms with Crippen LogP contribution in [-0.4, -0.2) is 236 Å². The number of aliphatic hydroxyl groups excluding tert-OH is 1. The quantitative estimate of drug-likeness (QED) is 0.00877. The number of H-pyrrole nitrogens is 1. The molecular weight excluding hydrogens is 1780 g/mol. The van der Waals surface area contributed by atoms with E-state index in [1.165, 1.54) is 55.4 Å². The van der Waals surface area contributed by atoms with Gasteiger partial charge in [-0.05, 0) is 184 Å². The predicted molar refractivity (Wildman–Crippen MR) is 513 cm³/mol. The second-order valence-corrected chi connectivity index (χ2v) is 39.3. The molecule has 42 nitrogen and oxygen atoms in total. The number of benzene rings is 4. The molecule has 4 aromatic carbocycles. The maximum atomic E-state index is 16.4. The minimum atomic E-state index is -2.03. The lowest BCUT2D eigenvalue weighted by molar-refractivity contribution is -0.138. The molecule has 1 saturated heterocycles. The average molecular weight is 1920 g/mol. The van der Waals surface area contributed by atoms with Gasteiger partial charge in [0, 0.05) is 79.3 Å². The van der Waals surface area contributed by atoms with Gasteiger partial charge in [-0.1, -0.05) is 108 Å². The number of hydrogen-bond acceptors (Lipinski definition) is 26. The molecule has 0 bridgehead atoms. The van der Waals surface area contributed by atoms with Crippen molar-refractivity contribution in [3.05, 3.63) is 113 Å². The molecule has 17 amide bonds. The normalized spacial score (nSPS) is 19.0. The number of rotatable bonds is 45. The lowest BCUT2D eigenvalue weighted by atomic mass is 9.91. The molecule has 0 unspecified atom stereocenters. The lowest BCUT2D eigenvalue weighted by Gasteiger charge is -2.39. The van der Waals surface area contributed by atoms with E-state index in [2.05, 4.69) is 91.1 Å². The van der Waals surface area contributed by atoms with Crippen LogP contribution in [0.25, 0.3) is 21.7 Å². The minimum Gasteiger partial charge on any atom is -0.492 e. The number of ether oxygens (including phenoxy) is 1. The first-order valence-electron chi connectivity index (χ1n) is 44.8. The maximum Gasteiger partial charge on any atom is 0.246 e. The van der Waals surface area contributed by atoms with Crippen molar-refractivity contribution in [2.45, 2.75) is 279 Å². The van der Waals surface area contributed by atoms with E-state index in [0.29, 0.717) is 45.1 Å². The SMILES string of the molecule is CC(=O)NCCCC[C@H](NC(=O)[C@](C)(CCCCN)NC(=O)[C@H](Cc1ccc2ccccc2c1)NC(=O)[C@H](Cc1ccc(OCCN)cc1)NC(=O)[C@H]1NC(=O)[C@H](CCCCNC(=O)C(C)(C)N)NC(=O)[C@H](Cc2c[nH]c3c(C)cccc23)NC(=O)[C@H]([C@@H](C)O)NC(=O)[C@H](CC(N)=O)NC(=O)[C@@H](NC(C)=O)C(C)(C)SSC1(C)C)C(=O)N[C@@H](CC(N)=O)C(=O)N[C@H](CC(C)C)C(N)=O.NN. The molecule has 2 heterocycles. The van der Waals surface area contributed by atoms with Gasteiger partial charge >= 0.3 is 0 Å². The van der Waals surface area contributed by atoms with Gasteiger partial charge in [0.25, 0.3) is 0 Å². The first-order chi connectivity index (χ1) is 63.5. The van der Waals surface area contributed by atoms with E-state index in [0.717, 1.165) is 46.4 Å². The van der Waals surface area contributed by atoms with E-state index in [9.17, 15) is 57.8 Å². The number of carbonyl (C=O) groups excluding carboxylic acids is 17. The van der Waals surface area contributed by atoms with Crippen molar-refractivity contribution in [3.8, 4) is 5.75 Å². The summed E-state index contributed by atoms with van der Waals surface area (Å²) in [7, 11) is 1.80. The zero-order valence-corrected chi connectivity index (χ0v) is 80.7. The molecule has 6 rings (SSSR count). The summed E-state index contributed by atoms with van der Waals surface area (Å²) in [6.45, 7) is 19.9. The zero-order chi connectivity index (χ0) is 101. The molecule has 0 aliphatic carbocycles. The molecule has 44 heteroatoms. The molecule has 1 aliphatic rings. The van der Waals surface area contributed by atoms with Crippen molar-refractivity contribution in [2.75, 3.05) is 32.8 Å². The predicted octanol–water partition coefficient (Wildman–Crippen LogP) is -1.88. The van der Waals surface area contributed by atoms with E-state index in [1.54, 1.807) is 80.7 Å². The fourth-order valence-electron chi connectivity index (χ4n) is 14.8. The molecule has 32 N–H and O–H groups in total. The number of unbranched alkanes of at least 4 members (excludes halogenated alkanes) is 3. The number of fused-ring (bicyclic) bond motifs is 2. The number of nitrogens with one attached hydrogen (secondary N) is 15. The number of amides is 17. The Morgan fingerprint density at radius 2 is 1.14 bits per heavy atom. The van der Waals surface area contributed by atoms with E-state index >= 15 is 28.8 Å². The molecule has 0 spiro atoms. The van der Waals surface area contributed by atoms with Crippen molar-refractivity contribution in [1.29, 1.82) is 0 Å². The molecule has 135 heavy (non-hydrogen) atoms. The van der Waals surface area contributed by atoms with Crippen LogP contribution in [0.4, 0.5) is 0 Å². The minimum absolute atomic E-state index is 0.0198. The Bertz CT molecular complexity index is 4950. The van der Waals surface area contributed by atoms with Crippen LogP contribution in [0.1, 0.15) is 182 Å². The number of aromatic amines is 1. The average Bonchev–Trinajstić information content (AvgIpc) is 1.59. The van der Waals surface area contributed by atoms with E-state index in [-0.39, 0.29) is 115 Å². The Morgan fingerprint density at radius 3 is 1.76 bits per heavy atom. The first kappa shape index (κ1) is 113. The van der Waals surface area contributed by atoms with Gasteiger partial charge in [-0.25, -0.2) is 0 Å². The molecule has 0 radical (unpaired) electrons. The standard InChI is InChI=1S/C91H135N21O19S2.H4N2/c1-49(2)41-63(75(96)118)103-80(123)67(46-69(94)116)105-76(119)62(28-16-20-38-98-52(5)114)109-87(130)91(13,35-18-19-36-92)112-82(125)65(44-55-29-32-56-24-14-15-25-57(56)42-55)104-78(121)64(43-54-30-33-59(34-31-54)131-40-37-93)107-85(128)74-90(11,12)133-132-89(9,10)73(101-53(6)115)84(127)108-68(47-70(95)117)81(124)110-72(51(4)113)83(126)106-66(45-58-48-100-71-50(3)23-22-26-60(58)71)79(122)102-61(77(120)111-74)27-17-21-39-99-86(129)88(7,8)97;1-2/h14-15,22-26,29-34,42,48-49,51,61-68,72-74,100,113H,16-21,27-28,35-41,43-47,92-93,97H2,1-13H3,(H2,94,116)(H2,95,117)(H2,96,118)(H,98,114)(H,99,129)(H,101,115)(H,102,122)(H,103,123)(H,104,121)(H,105,119)(H,106,126)(H,107,128)(H,108,127)(H,109,130)(H,110,124)(H,111,120)(H,112,125);1-2H2/t51-,61+,62+,63-,64+,65+,66+,67+,68+,72+,73-,74-,91+;/m1./s1. The van der Waals surface area contributed by atoms with Crippen molar-refractivity contribution in [1.82, 2.24) is 79.4 Å². The summed E-state index contributed by atoms with van der Waals surface area (Å²) in [5.41, 5.74) is 34.4. The molecule has 0 saturated carbocycles. The number of hydrogen-bond donors (Lipinski definition) is 24. The van der Waals surface area contributed by atoms with Crippen LogP contribution in [-0.2, 0) is 101 Å². The van der Waals surface area contributed by atoms with Crippen LogP contribution in [0.2, 0.25) is 0 Å². The van der Waals surface area contributed by atoms with Crippen molar-refractivity contribution in [3.63, 3.8) is 0 Å². The van der Waals surface area contributed by atoms with Crippen LogP contribution in [0.5, 0.6) is 5.75 Å². The molecule has 1 aromatic heterocycles. The molecule has 1 fully saturated rings. The van der Waals surface area contributed by atoms with Crippen LogP contribution in [0.15, 0.2) is 91.1 Å². The largest absolute Gasteiger partial charge is 0.492 e. The van der Waals surface area contributed by atoms with Crippen molar-refractivity contribution in [2.24, 2.45) is 52.0 Å². The van der Waals surface area contributed by atoms with E-state index in [1.807, 2.05) is 31.2 Å². The molecular formula is C91H139N23O19S2. The summed E-state index contributed by atoms with van der Waals surface area (Å²) < 4.78 is 2.56. The van der Waals surface area contributed by atoms with Crippen LogP contribution >= 0.6 is 21.6 Å². The summed E-state index contributed by atoms with van der Waals surface area (Å²) in [5, 5.41) is 51.0. The number of hydrazine groups is 1. The molecule has 13 atom stereocenters. The van der Waals surface area contributed by atoms with Gasteiger partial charge in [0.2, 0.25) is 100 Å². The Labute approximate surface area is 793 Å². The lowest BCUT2D eigenvalue weighted by Crippen LogP contribution is -2.65. The number of carbonyl (C=O) groups is 17. The van der Waals surface area contributed by atoms with Gasteiger partial charge < -0.3 is 124 Å². The van der Waals surface area contributed by atoms with Crippen LogP contribution in [0.3, 0.4) is 0 Å². The third kappa shape index (κ3) is 36.6. The van der Waals surface area contributed by atoms with E-state index in [4.69, 9.17) is 39.1 Å². The number of para-hydroxylation sites is 1. The monoisotopic (exact) mass is 1920 g/mol. The number of aryl methyl sites for hydroxylation is 1. The first-order valence-corrected chi connectivity index (χ1v) is 47.0. The maximum absolute atomic E-state index is 16.4. The highest BCUT2D eigenvalue weighted by molar-refractivity contribution is 8.77. The summed E-state index contributed by atoms with van der Waals surface area (Å²) in [4.78, 5) is 248. The molecule has 5 aromatic rings. The van der Waals surface area contributed by atoms with Crippen molar-refractivity contribution >= 4 is 144 Å². The summed E-state index contributed by atoms with van der Waals surface area (Å²) >= 11 is 0. The third-order valence-electron chi connectivity index (χ3n) is 22.2. The van der Waals surface area contributed by atoms with Gasteiger partial charge in [0.05, 0.1) is 24.5 Å².